The molecule has 0 fully saturated rings. The first-order chi connectivity index (χ1) is 3.84. The minimum Gasteiger partial charge on any atom is 0 e. The van der Waals surface area contributed by atoms with E-state index in [1.54, 1.807) is 0 Å². The minimum absolute atomic E-state index is 0. The third-order valence-electron chi connectivity index (χ3n) is 0.359. The Morgan fingerprint density at radius 1 is 0.909 bits per heavy atom. The van der Waals surface area contributed by atoms with E-state index in [9.17, 15) is 19.6 Å². The van der Waals surface area contributed by atoms with E-state index in [1.807, 2.05) is 0 Å². The van der Waals surface area contributed by atoms with Crippen LogP contribution in [-0.2, 0) is 28.0 Å². The smallest absolute Gasteiger partial charge is 0 e. The van der Waals surface area contributed by atoms with E-state index in [1.165, 1.54) is 0 Å². The van der Waals surface area contributed by atoms with E-state index in [2.05, 4.69) is 0 Å². The van der Waals surface area contributed by atoms with Gasteiger partial charge in [-0.25, -0.2) is 0 Å². The van der Waals surface area contributed by atoms with E-state index in [4.69, 9.17) is 2.81 Å². The van der Waals surface area contributed by atoms with E-state index >= 15 is 0 Å². The first kappa shape index (κ1) is 14.5. The SMILES string of the molecule is [O]=[Zr]([F])([F])([F])([F])([O]F)[O]F.[Sn]. The van der Waals surface area contributed by atoms with Crippen molar-refractivity contribution >= 4 is 23.9 Å². The van der Waals surface area contributed by atoms with Gasteiger partial charge in [0, 0.05) is 23.9 Å². The van der Waals surface area contributed by atoms with Gasteiger partial charge in [-0.2, -0.15) is 0 Å². The van der Waals surface area contributed by atoms with Gasteiger partial charge < -0.3 is 0 Å². The third-order valence-corrected chi connectivity index (χ3v) is 2.13. The normalized spacial score (nSPS) is 21.8. The van der Waals surface area contributed by atoms with Crippen molar-refractivity contribution in [1.29, 1.82) is 0 Å². The predicted molar refractivity (Wildman–Crippen MR) is 15.3 cm³/mol. The molecule has 68 valence electrons. The van der Waals surface area contributed by atoms with Crippen LogP contribution >= 0.6 is 0 Å². The van der Waals surface area contributed by atoms with Crippen LogP contribution in [0.15, 0.2) is 0 Å². The molecule has 0 rings (SSSR count). The van der Waals surface area contributed by atoms with Gasteiger partial charge in [0.1, 0.15) is 0 Å². The number of rotatable bonds is 2. The van der Waals surface area contributed by atoms with Crippen LogP contribution < -0.4 is 0 Å². The molecule has 0 aliphatic heterocycles. The Hall–Kier alpha value is 0.982. The van der Waals surface area contributed by atoms with E-state index < -0.39 is 19.1 Å². The molecule has 0 aromatic carbocycles. The molecule has 0 aliphatic carbocycles. The molecule has 4 radical (unpaired) electrons. The maximum absolute atomic E-state index is 12.6. The summed E-state index contributed by atoms with van der Waals surface area (Å²) in [5.41, 5.74) is 0. The van der Waals surface area contributed by atoms with Crippen molar-refractivity contribution in [1.82, 2.24) is 0 Å². The van der Waals surface area contributed by atoms with Crippen LogP contribution in [-0.4, -0.2) is 23.9 Å². The fraction of sp³-hybridized carbons (Fsp3) is 0. The first-order valence-corrected chi connectivity index (χ1v) is 8.40. The topological polar surface area (TPSA) is 35.5 Å². The van der Waals surface area contributed by atoms with Gasteiger partial charge in [0.2, 0.25) is 0 Å². The summed E-state index contributed by atoms with van der Waals surface area (Å²) in [5.74, 6) is 0. The van der Waals surface area contributed by atoms with Crippen LogP contribution in [0.2, 0.25) is 0 Å². The molecule has 0 bridgehead atoms. The minimum atomic E-state index is -12.6. The summed E-state index contributed by atoms with van der Waals surface area (Å²) in [7, 11) is 0. The number of hydrogen-bond acceptors (Lipinski definition) is 3. The number of hydrogen-bond donors (Lipinski definition) is 0. The summed E-state index contributed by atoms with van der Waals surface area (Å²) in [6.07, 6.45) is 0. The van der Waals surface area contributed by atoms with Crippen LogP contribution in [0, 0.1) is 0 Å². The number of halogens is 6. The molecule has 11 heteroatoms. The van der Waals surface area contributed by atoms with Gasteiger partial charge in [-0.1, -0.05) is 0 Å². The van der Waals surface area contributed by atoms with Crippen molar-refractivity contribution in [2.75, 3.05) is 0 Å². The Labute approximate surface area is 71.2 Å². The zero-order valence-electron chi connectivity index (χ0n) is 4.49. The largest absolute Gasteiger partial charge is 0 e. The first-order valence-electron chi connectivity index (χ1n) is 1.68. The van der Waals surface area contributed by atoms with Gasteiger partial charge in [0.15, 0.2) is 0 Å². The van der Waals surface area contributed by atoms with Crippen molar-refractivity contribution in [3.8, 4) is 0 Å². The zero-order valence-corrected chi connectivity index (χ0v) is 9.80. The molecule has 0 aromatic heterocycles. The molecule has 0 heterocycles. The molecule has 11 heavy (non-hydrogen) atoms. The second kappa shape index (κ2) is 1.90. The second-order valence-corrected chi connectivity index (χ2v) is 10.4. The van der Waals surface area contributed by atoms with Crippen molar-refractivity contribution in [3.05, 3.63) is 0 Å². The molecule has 0 aliphatic rings. The van der Waals surface area contributed by atoms with Crippen molar-refractivity contribution in [3.63, 3.8) is 0 Å². The maximum Gasteiger partial charge on any atom is 0 e. The van der Waals surface area contributed by atoms with Gasteiger partial charge >= 0.3 is 47.5 Å². The van der Waals surface area contributed by atoms with Crippen molar-refractivity contribution in [2.45, 2.75) is 0 Å². The van der Waals surface area contributed by atoms with Gasteiger partial charge in [-0.3, -0.25) is 0 Å². The summed E-state index contributed by atoms with van der Waals surface area (Å²) in [5, 5.41) is 0. The average molecular weight is 372 g/mol. The molecule has 0 saturated heterocycles. The Morgan fingerprint density at radius 2 is 1.09 bits per heavy atom. The molecule has 3 nitrogen and oxygen atoms in total. The van der Waals surface area contributed by atoms with Crippen molar-refractivity contribution in [2.24, 2.45) is 0 Å². The van der Waals surface area contributed by atoms with E-state index in [-0.39, 0.29) is 23.9 Å². The third kappa shape index (κ3) is 5.26. The Morgan fingerprint density at radius 3 is 1.09 bits per heavy atom. The summed E-state index contributed by atoms with van der Waals surface area (Å²) in [4.78, 5) is 0. The molecule has 0 spiro atoms. The standard InChI is InChI=1S/2FO.4FH.O.Sn.Zr/c2*1-2;;;;;;;/h;;4*1H;;;/q2*-1;;;;;;;+6/p-4. The molecule has 0 amide bonds. The van der Waals surface area contributed by atoms with E-state index in [0.29, 0.717) is 6.04 Å². The fourth-order valence-electron chi connectivity index (χ4n) is 0.0119. The zero-order chi connectivity index (χ0) is 8.79. The molecule has 0 atom stereocenters. The summed E-state index contributed by atoms with van der Waals surface area (Å²) in [6.45, 7) is 0. The molecule has 0 saturated carbocycles. The molecule has 0 N–H and O–H groups in total. The maximum atomic E-state index is 11.1. The van der Waals surface area contributed by atoms with Crippen LogP contribution in [0.3, 0.4) is 0 Å². The van der Waals surface area contributed by atoms with Crippen molar-refractivity contribution < 1.29 is 47.5 Å². The van der Waals surface area contributed by atoms with E-state index in [0.717, 1.165) is 0 Å². The molecular formula is F6O3SnZr. The fourth-order valence-corrected chi connectivity index (χ4v) is 0.0704. The molecule has 0 unspecified atom stereocenters. The Kier molecular flexibility index (Phi) is 2.51. The molecular weight excluding hydrogens is 372 g/mol. The Balaban J connectivity index is 0. The predicted octanol–water partition coefficient (Wildman–Crippen LogP) is 1.88. The van der Waals surface area contributed by atoms with Crippen LogP contribution in [0.1, 0.15) is 0 Å². The monoisotopic (exact) mass is 372 g/mol. The second-order valence-electron chi connectivity index (χ2n) is 1.76. The van der Waals surface area contributed by atoms with Gasteiger partial charge in [-0.15, -0.1) is 0 Å². The molecule has 0 aromatic rings. The van der Waals surface area contributed by atoms with Crippen LogP contribution in [0.5, 0.6) is 0 Å². The van der Waals surface area contributed by atoms with Crippen LogP contribution in [0.25, 0.3) is 0 Å². The van der Waals surface area contributed by atoms with Gasteiger partial charge in [0.25, 0.3) is 0 Å². The summed E-state index contributed by atoms with van der Waals surface area (Å²) >= 11 is -12.6. The van der Waals surface area contributed by atoms with Crippen LogP contribution in [0.4, 0.5) is 19.6 Å². The summed E-state index contributed by atoms with van der Waals surface area (Å²) in [6, 6.07) is 0. The average Bonchev–Trinajstić information content (AvgIpc) is 1.66. The van der Waals surface area contributed by atoms with Gasteiger partial charge in [-0.05, 0) is 0 Å². The summed E-state index contributed by atoms with van der Waals surface area (Å²) < 4.78 is 74.8. The Bertz CT molecular complexity index is 239. The van der Waals surface area contributed by atoms with Gasteiger partial charge in [0.05, 0.1) is 0 Å². The quantitative estimate of drug-likeness (QED) is 0.549.